The van der Waals surface area contributed by atoms with Crippen LogP contribution < -0.4 is 11.1 Å². The Morgan fingerprint density at radius 3 is 2.29 bits per heavy atom. The van der Waals surface area contributed by atoms with E-state index < -0.39 is 0 Å². The van der Waals surface area contributed by atoms with Gasteiger partial charge in [-0.1, -0.05) is 33.1 Å². The van der Waals surface area contributed by atoms with E-state index in [1.54, 1.807) is 0 Å². The van der Waals surface area contributed by atoms with E-state index in [0.717, 1.165) is 12.5 Å². The lowest BCUT2D eigenvalue weighted by Crippen LogP contribution is -2.49. The monoisotopic (exact) mass is 198 g/mol. The quantitative estimate of drug-likeness (QED) is 0.726. The van der Waals surface area contributed by atoms with Crippen LogP contribution >= 0.6 is 0 Å². The summed E-state index contributed by atoms with van der Waals surface area (Å²) in [6, 6.07) is 0.591. The van der Waals surface area contributed by atoms with Crippen molar-refractivity contribution in [3.8, 4) is 0 Å². The first-order chi connectivity index (χ1) is 6.61. The second kappa shape index (κ2) is 5.13. The highest BCUT2D eigenvalue weighted by atomic mass is 14.9. The van der Waals surface area contributed by atoms with Gasteiger partial charge in [0.25, 0.3) is 0 Å². The van der Waals surface area contributed by atoms with E-state index in [4.69, 9.17) is 5.73 Å². The molecule has 1 atom stereocenters. The highest BCUT2D eigenvalue weighted by molar-refractivity contribution is 4.90. The van der Waals surface area contributed by atoms with E-state index in [0.29, 0.717) is 6.04 Å². The Kier molecular flexibility index (Phi) is 4.39. The predicted molar refractivity (Wildman–Crippen MR) is 62.3 cm³/mol. The van der Waals surface area contributed by atoms with Gasteiger partial charge in [0.05, 0.1) is 0 Å². The molecule has 2 heteroatoms. The summed E-state index contributed by atoms with van der Waals surface area (Å²) < 4.78 is 0. The molecule has 0 aromatic heterocycles. The molecule has 1 saturated carbocycles. The molecule has 0 radical (unpaired) electrons. The van der Waals surface area contributed by atoms with Crippen LogP contribution in [-0.4, -0.2) is 19.6 Å². The lowest BCUT2D eigenvalue weighted by Gasteiger charge is -2.40. The second-order valence-electron chi connectivity index (χ2n) is 5.36. The Balaban J connectivity index is 2.59. The zero-order chi connectivity index (χ0) is 10.6. The van der Waals surface area contributed by atoms with Gasteiger partial charge in [-0.15, -0.1) is 0 Å². The van der Waals surface area contributed by atoms with Gasteiger partial charge in [-0.05, 0) is 37.8 Å². The molecule has 3 N–H and O–H groups in total. The summed E-state index contributed by atoms with van der Waals surface area (Å²) in [4.78, 5) is 0. The van der Waals surface area contributed by atoms with Gasteiger partial charge in [-0.3, -0.25) is 0 Å². The third kappa shape index (κ3) is 2.71. The highest BCUT2D eigenvalue weighted by Crippen LogP contribution is 2.34. The van der Waals surface area contributed by atoms with Crippen LogP contribution in [0.15, 0.2) is 0 Å². The minimum Gasteiger partial charge on any atom is -0.330 e. The SMILES string of the molecule is CNC(C1CCCCC1)C(C)(C)CN. The van der Waals surface area contributed by atoms with Crippen LogP contribution in [0.4, 0.5) is 0 Å². The van der Waals surface area contributed by atoms with Gasteiger partial charge in [0, 0.05) is 6.04 Å². The van der Waals surface area contributed by atoms with Crippen molar-refractivity contribution in [2.24, 2.45) is 17.1 Å². The third-order valence-electron chi connectivity index (χ3n) is 3.80. The van der Waals surface area contributed by atoms with Gasteiger partial charge >= 0.3 is 0 Å². The fourth-order valence-corrected chi connectivity index (χ4v) is 2.86. The van der Waals surface area contributed by atoms with Gasteiger partial charge < -0.3 is 11.1 Å². The van der Waals surface area contributed by atoms with Crippen LogP contribution in [0.3, 0.4) is 0 Å². The van der Waals surface area contributed by atoms with Crippen LogP contribution in [0, 0.1) is 11.3 Å². The summed E-state index contributed by atoms with van der Waals surface area (Å²) in [7, 11) is 2.08. The van der Waals surface area contributed by atoms with Gasteiger partial charge in [0.15, 0.2) is 0 Å². The number of nitrogens with two attached hydrogens (primary N) is 1. The Hall–Kier alpha value is -0.0800. The first kappa shape index (κ1) is 12.0. The van der Waals surface area contributed by atoms with Crippen LogP contribution in [0.1, 0.15) is 46.0 Å². The number of hydrogen-bond donors (Lipinski definition) is 2. The Labute approximate surface area is 88.6 Å². The summed E-state index contributed by atoms with van der Waals surface area (Å²) in [5.41, 5.74) is 6.08. The standard InChI is InChI=1S/C12H26N2/c1-12(2,9-13)11(14-3)10-7-5-4-6-8-10/h10-11,14H,4-9,13H2,1-3H3. The fourth-order valence-electron chi connectivity index (χ4n) is 2.86. The van der Waals surface area contributed by atoms with Gasteiger partial charge in [-0.25, -0.2) is 0 Å². The number of rotatable bonds is 4. The molecule has 0 aromatic carbocycles. The van der Waals surface area contributed by atoms with Crippen molar-refractivity contribution in [3.63, 3.8) is 0 Å². The molecular formula is C12H26N2. The zero-order valence-electron chi connectivity index (χ0n) is 9.97. The molecule has 1 unspecified atom stereocenters. The van der Waals surface area contributed by atoms with Crippen LogP contribution in [0.25, 0.3) is 0 Å². The van der Waals surface area contributed by atoms with Gasteiger partial charge in [0.2, 0.25) is 0 Å². The molecule has 0 aromatic rings. The maximum atomic E-state index is 5.85. The lowest BCUT2D eigenvalue weighted by atomic mass is 9.72. The molecule has 84 valence electrons. The average molecular weight is 198 g/mol. The number of nitrogens with one attached hydrogen (secondary N) is 1. The highest BCUT2D eigenvalue weighted by Gasteiger charge is 2.33. The minimum atomic E-state index is 0.233. The largest absolute Gasteiger partial charge is 0.330 e. The molecule has 14 heavy (non-hydrogen) atoms. The minimum absolute atomic E-state index is 0.233. The van der Waals surface area contributed by atoms with E-state index in [1.807, 2.05) is 0 Å². The first-order valence-electron chi connectivity index (χ1n) is 5.99. The number of hydrogen-bond acceptors (Lipinski definition) is 2. The Morgan fingerprint density at radius 2 is 1.86 bits per heavy atom. The van der Waals surface area contributed by atoms with Crippen LogP contribution in [0.5, 0.6) is 0 Å². The molecule has 0 saturated heterocycles. The summed E-state index contributed by atoms with van der Waals surface area (Å²) in [6.07, 6.45) is 7.01. The van der Waals surface area contributed by atoms with E-state index in [9.17, 15) is 0 Å². The lowest BCUT2D eigenvalue weighted by molar-refractivity contribution is 0.156. The summed E-state index contributed by atoms with van der Waals surface area (Å²) in [5, 5.41) is 3.48. The molecule has 0 aliphatic heterocycles. The Morgan fingerprint density at radius 1 is 1.29 bits per heavy atom. The van der Waals surface area contributed by atoms with Crippen LogP contribution in [-0.2, 0) is 0 Å². The van der Waals surface area contributed by atoms with Gasteiger partial charge in [-0.2, -0.15) is 0 Å². The van der Waals surface area contributed by atoms with Crippen molar-refractivity contribution in [2.75, 3.05) is 13.6 Å². The van der Waals surface area contributed by atoms with Crippen molar-refractivity contribution >= 4 is 0 Å². The average Bonchev–Trinajstić information content (AvgIpc) is 2.20. The maximum absolute atomic E-state index is 5.85. The Bertz CT molecular complexity index is 160. The van der Waals surface area contributed by atoms with Gasteiger partial charge in [0.1, 0.15) is 0 Å². The fraction of sp³-hybridized carbons (Fsp3) is 1.00. The van der Waals surface area contributed by atoms with Crippen molar-refractivity contribution in [2.45, 2.75) is 52.0 Å². The first-order valence-corrected chi connectivity index (χ1v) is 5.99. The van der Waals surface area contributed by atoms with E-state index in [-0.39, 0.29) is 5.41 Å². The maximum Gasteiger partial charge on any atom is 0.0155 e. The topological polar surface area (TPSA) is 38.0 Å². The van der Waals surface area contributed by atoms with Crippen LogP contribution in [0.2, 0.25) is 0 Å². The predicted octanol–water partition coefficient (Wildman–Crippen LogP) is 2.14. The second-order valence-corrected chi connectivity index (χ2v) is 5.36. The molecule has 0 heterocycles. The van der Waals surface area contributed by atoms with E-state index in [1.165, 1.54) is 32.1 Å². The van der Waals surface area contributed by atoms with Crippen molar-refractivity contribution in [1.82, 2.24) is 5.32 Å². The molecule has 1 aliphatic rings. The summed E-state index contributed by atoms with van der Waals surface area (Å²) >= 11 is 0. The van der Waals surface area contributed by atoms with Crippen molar-refractivity contribution in [3.05, 3.63) is 0 Å². The molecule has 0 spiro atoms. The van der Waals surface area contributed by atoms with E-state index in [2.05, 4.69) is 26.2 Å². The molecular weight excluding hydrogens is 172 g/mol. The molecule has 1 rings (SSSR count). The molecule has 2 nitrogen and oxygen atoms in total. The van der Waals surface area contributed by atoms with E-state index >= 15 is 0 Å². The normalized spacial score (nSPS) is 22.3. The molecule has 0 amide bonds. The molecule has 1 fully saturated rings. The zero-order valence-corrected chi connectivity index (χ0v) is 9.97. The molecule has 0 bridgehead atoms. The van der Waals surface area contributed by atoms with Crippen molar-refractivity contribution in [1.29, 1.82) is 0 Å². The molecule has 1 aliphatic carbocycles. The smallest absolute Gasteiger partial charge is 0.0155 e. The van der Waals surface area contributed by atoms with Crippen molar-refractivity contribution < 1.29 is 0 Å². The summed E-state index contributed by atoms with van der Waals surface area (Å²) in [6.45, 7) is 5.33. The third-order valence-corrected chi connectivity index (χ3v) is 3.80. The summed E-state index contributed by atoms with van der Waals surface area (Å²) in [5.74, 6) is 0.840.